The lowest BCUT2D eigenvalue weighted by atomic mass is 9.94. The highest BCUT2D eigenvalue weighted by molar-refractivity contribution is 4.65. The van der Waals surface area contributed by atoms with Crippen LogP contribution in [0.25, 0.3) is 0 Å². The van der Waals surface area contributed by atoms with E-state index in [2.05, 4.69) is 10.6 Å². The zero-order valence-electron chi connectivity index (χ0n) is 16.3. The van der Waals surface area contributed by atoms with Crippen molar-refractivity contribution in [3.63, 3.8) is 0 Å². The normalized spacial score (nSPS) is 20.4. The zero-order valence-corrected chi connectivity index (χ0v) is 16.3. The highest BCUT2D eigenvalue weighted by atomic mass is 14.9. The monoisotopic (exact) mass is 339 g/mol. The Balaban J connectivity index is 2.13. The third kappa shape index (κ3) is 14.2. The molecule has 3 heteroatoms. The van der Waals surface area contributed by atoms with Gasteiger partial charge in [0, 0.05) is 13.1 Å². The van der Waals surface area contributed by atoms with Gasteiger partial charge in [0.25, 0.3) is 0 Å². The summed E-state index contributed by atoms with van der Waals surface area (Å²) in [6, 6.07) is 0. The summed E-state index contributed by atoms with van der Waals surface area (Å²) in [5.74, 6) is 0.909. The average Bonchev–Trinajstić information content (AvgIpc) is 2.60. The van der Waals surface area contributed by atoms with Crippen LogP contribution >= 0.6 is 0 Å². The first-order valence-electron chi connectivity index (χ1n) is 11.0. The summed E-state index contributed by atoms with van der Waals surface area (Å²) >= 11 is 0. The quantitative estimate of drug-likeness (QED) is 0.566. The fourth-order valence-corrected chi connectivity index (χ4v) is 3.85. The minimum absolute atomic E-state index is 0.746. The molecule has 0 aromatic rings. The number of hydrogen-bond acceptors (Lipinski definition) is 3. The van der Waals surface area contributed by atoms with Gasteiger partial charge in [0.1, 0.15) is 0 Å². The molecular weight excluding hydrogens is 294 g/mol. The van der Waals surface area contributed by atoms with Crippen molar-refractivity contribution in [1.29, 1.82) is 0 Å². The third-order valence-electron chi connectivity index (χ3n) is 5.44. The Bertz CT molecular complexity index is 229. The van der Waals surface area contributed by atoms with E-state index in [0.717, 1.165) is 32.1 Å². The number of nitrogens with one attached hydrogen (secondary N) is 2. The van der Waals surface area contributed by atoms with Gasteiger partial charge in [0.15, 0.2) is 0 Å². The van der Waals surface area contributed by atoms with E-state index < -0.39 is 0 Å². The summed E-state index contributed by atoms with van der Waals surface area (Å²) < 4.78 is 0. The molecule has 24 heavy (non-hydrogen) atoms. The topological polar surface area (TPSA) is 50.1 Å². The molecule has 0 radical (unpaired) electrons. The molecular formula is C21H45N3. The molecule has 0 amide bonds. The van der Waals surface area contributed by atoms with Gasteiger partial charge in [0.2, 0.25) is 0 Å². The summed E-state index contributed by atoms with van der Waals surface area (Å²) in [6.45, 7) is 5.16. The Morgan fingerprint density at radius 2 is 1.04 bits per heavy atom. The van der Waals surface area contributed by atoms with Crippen LogP contribution in [0.2, 0.25) is 0 Å². The van der Waals surface area contributed by atoms with E-state index in [4.69, 9.17) is 5.73 Å². The van der Waals surface area contributed by atoms with Crippen LogP contribution in [-0.2, 0) is 0 Å². The van der Waals surface area contributed by atoms with Crippen LogP contribution in [-0.4, -0.2) is 32.7 Å². The van der Waals surface area contributed by atoms with Crippen LogP contribution < -0.4 is 16.4 Å². The fourth-order valence-electron chi connectivity index (χ4n) is 3.85. The van der Waals surface area contributed by atoms with Gasteiger partial charge in [-0.25, -0.2) is 0 Å². The number of nitrogens with two attached hydrogens (primary N) is 1. The van der Waals surface area contributed by atoms with Gasteiger partial charge in [-0.2, -0.15) is 0 Å². The minimum Gasteiger partial charge on any atom is -0.329 e. The van der Waals surface area contributed by atoms with Crippen LogP contribution in [0.1, 0.15) is 96.3 Å². The van der Waals surface area contributed by atoms with Gasteiger partial charge >= 0.3 is 0 Å². The Labute approximate surface area is 151 Å². The number of hydrogen-bond donors (Lipinski definition) is 3. The average molecular weight is 340 g/mol. The lowest BCUT2D eigenvalue weighted by Crippen LogP contribution is -2.28. The molecule has 0 unspecified atom stereocenters. The third-order valence-corrected chi connectivity index (χ3v) is 5.44. The summed E-state index contributed by atoms with van der Waals surface area (Å²) in [5, 5.41) is 7.08. The van der Waals surface area contributed by atoms with Crippen molar-refractivity contribution < 1.29 is 0 Å². The lowest BCUT2D eigenvalue weighted by Gasteiger charge is -2.18. The first-order valence-corrected chi connectivity index (χ1v) is 11.0. The van der Waals surface area contributed by atoms with Crippen LogP contribution in [0.5, 0.6) is 0 Å². The Morgan fingerprint density at radius 1 is 0.583 bits per heavy atom. The summed E-state index contributed by atoms with van der Waals surface area (Å²) in [6.07, 6.45) is 21.7. The second kappa shape index (κ2) is 17.7. The first-order chi connectivity index (χ1) is 11.9. The van der Waals surface area contributed by atoms with Gasteiger partial charge < -0.3 is 16.4 Å². The molecule has 0 spiro atoms. The standard InChI is InChI=1S/C21H45N3/c22-16-19-23-17-13-18-24-20-21-14-11-9-7-5-3-1-2-4-6-8-10-12-15-21/h21,23-24H,1-20,22H2. The molecule has 0 heterocycles. The van der Waals surface area contributed by atoms with Crippen LogP contribution in [0.4, 0.5) is 0 Å². The minimum atomic E-state index is 0.746. The van der Waals surface area contributed by atoms with E-state index in [0.29, 0.717) is 0 Å². The predicted molar refractivity (Wildman–Crippen MR) is 108 cm³/mol. The van der Waals surface area contributed by atoms with Gasteiger partial charge in [-0.3, -0.25) is 0 Å². The molecule has 144 valence electrons. The molecule has 0 atom stereocenters. The van der Waals surface area contributed by atoms with Crippen LogP contribution in [0.3, 0.4) is 0 Å². The molecule has 1 rings (SSSR count). The molecule has 3 nitrogen and oxygen atoms in total. The maximum absolute atomic E-state index is 5.49. The molecule has 0 aromatic carbocycles. The van der Waals surface area contributed by atoms with Gasteiger partial charge in [0.05, 0.1) is 0 Å². The fraction of sp³-hybridized carbons (Fsp3) is 1.00. The van der Waals surface area contributed by atoms with Crippen molar-refractivity contribution in [1.82, 2.24) is 10.6 Å². The molecule has 1 aliphatic carbocycles. The van der Waals surface area contributed by atoms with Crippen molar-refractivity contribution in [3.8, 4) is 0 Å². The van der Waals surface area contributed by atoms with Crippen LogP contribution in [0, 0.1) is 5.92 Å². The van der Waals surface area contributed by atoms with Gasteiger partial charge in [-0.05, 0) is 44.8 Å². The summed E-state index contributed by atoms with van der Waals surface area (Å²) in [7, 11) is 0. The van der Waals surface area contributed by atoms with E-state index in [1.165, 1.54) is 103 Å². The smallest absolute Gasteiger partial charge is 0.00745 e. The summed E-state index contributed by atoms with van der Waals surface area (Å²) in [4.78, 5) is 0. The van der Waals surface area contributed by atoms with Crippen molar-refractivity contribution in [2.75, 3.05) is 32.7 Å². The van der Waals surface area contributed by atoms with E-state index in [1.807, 2.05) is 0 Å². The van der Waals surface area contributed by atoms with E-state index >= 15 is 0 Å². The highest BCUT2D eigenvalue weighted by Gasteiger charge is 2.08. The molecule has 0 bridgehead atoms. The van der Waals surface area contributed by atoms with Gasteiger partial charge in [-0.15, -0.1) is 0 Å². The van der Waals surface area contributed by atoms with Gasteiger partial charge in [-0.1, -0.05) is 77.0 Å². The van der Waals surface area contributed by atoms with E-state index in [-0.39, 0.29) is 0 Å². The van der Waals surface area contributed by atoms with E-state index in [9.17, 15) is 0 Å². The molecule has 1 fully saturated rings. The maximum atomic E-state index is 5.49. The molecule has 0 aromatic heterocycles. The second-order valence-electron chi connectivity index (χ2n) is 7.78. The van der Waals surface area contributed by atoms with Crippen molar-refractivity contribution in [3.05, 3.63) is 0 Å². The Morgan fingerprint density at radius 3 is 1.54 bits per heavy atom. The zero-order chi connectivity index (χ0) is 17.1. The first kappa shape index (κ1) is 21.9. The SMILES string of the molecule is NCCNCCCNCC1CCCCCCCCCCCCCC1. The van der Waals surface area contributed by atoms with Crippen molar-refractivity contribution >= 4 is 0 Å². The Hall–Kier alpha value is -0.120. The molecule has 0 saturated heterocycles. The maximum Gasteiger partial charge on any atom is 0.00745 e. The van der Waals surface area contributed by atoms with Crippen molar-refractivity contribution in [2.24, 2.45) is 11.7 Å². The molecule has 1 saturated carbocycles. The van der Waals surface area contributed by atoms with Crippen LogP contribution in [0.15, 0.2) is 0 Å². The molecule has 1 aliphatic rings. The van der Waals surface area contributed by atoms with Crippen molar-refractivity contribution in [2.45, 2.75) is 96.3 Å². The predicted octanol–water partition coefficient (Wildman–Crippen LogP) is 4.61. The summed E-state index contributed by atoms with van der Waals surface area (Å²) in [5.41, 5.74) is 5.49. The largest absolute Gasteiger partial charge is 0.329 e. The highest BCUT2D eigenvalue weighted by Crippen LogP contribution is 2.20. The molecule has 0 aliphatic heterocycles. The second-order valence-corrected chi connectivity index (χ2v) is 7.78. The van der Waals surface area contributed by atoms with E-state index in [1.54, 1.807) is 0 Å². The Kier molecular flexibility index (Phi) is 16.2. The number of rotatable bonds is 8. The lowest BCUT2D eigenvalue weighted by molar-refractivity contribution is 0.382. The molecule has 4 N–H and O–H groups in total.